The Morgan fingerprint density at radius 1 is 1.41 bits per heavy atom. The number of aromatic nitrogens is 1. The van der Waals surface area contributed by atoms with Gasteiger partial charge in [0.25, 0.3) is 0 Å². The number of fused-ring (bicyclic) bond motifs is 1. The molecule has 0 N–H and O–H groups in total. The average Bonchev–Trinajstić information content (AvgIpc) is 2.28. The van der Waals surface area contributed by atoms with Crippen molar-refractivity contribution < 1.29 is 9.53 Å². The number of esters is 1. The van der Waals surface area contributed by atoms with Crippen LogP contribution in [0.25, 0.3) is 10.9 Å². The quantitative estimate of drug-likeness (QED) is 0.621. The normalized spacial score (nSPS) is 10.5. The maximum Gasteiger partial charge on any atom is 0.338 e. The van der Waals surface area contributed by atoms with E-state index in [-0.39, 0.29) is 5.97 Å². The number of rotatable bonds is 2. The molecule has 0 saturated heterocycles. The molecule has 2 rings (SSSR count). The van der Waals surface area contributed by atoms with Crippen LogP contribution in [0.15, 0.2) is 24.3 Å². The maximum atomic E-state index is 11.6. The van der Waals surface area contributed by atoms with E-state index >= 15 is 0 Å². The number of hydrogen-bond donors (Lipinski definition) is 0. The maximum absolute atomic E-state index is 11.6. The fourth-order valence-electron chi connectivity index (χ4n) is 1.65. The number of pyridine rings is 1. The van der Waals surface area contributed by atoms with E-state index in [1.807, 2.05) is 25.1 Å². The zero-order valence-electron chi connectivity index (χ0n) is 9.66. The third kappa shape index (κ3) is 2.57. The van der Waals surface area contributed by atoms with Crippen molar-refractivity contribution >= 4 is 39.5 Å². The lowest BCUT2D eigenvalue weighted by Gasteiger charge is -2.05. The molecule has 4 heteroatoms. The van der Waals surface area contributed by atoms with Crippen LogP contribution in [0.2, 0.25) is 0 Å². The van der Waals surface area contributed by atoms with Crippen LogP contribution in [0, 0.1) is 10.5 Å². The van der Waals surface area contributed by atoms with Crippen LogP contribution >= 0.6 is 22.6 Å². The largest absolute Gasteiger partial charge is 0.462 e. The number of carbonyl (C=O) groups excluding carboxylic acids is 1. The highest BCUT2D eigenvalue weighted by Gasteiger charge is 2.09. The molecule has 3 nitrogen and oxygen atoms in total. The Bertz CT molecular complexity index is 581. The molecular formula is C13H12INO2. The van der Waals surface area contributed by atoms with E-state index in [4.69, 9.17) is 4.74 Å². The van der Waals surface area contributed by atoms with Crippen LogP contribution < -0.4 is 0 Å². The summed E-state index contributed by atoms with van der Waals surface area (Å²) >= 11 is 2.25. The number of benzene rings is 1. The van der Waals surface area contributed by atoms with Gasteiger partial charge in [-0.25, -0.2) is 4.79 Å². The molecule has 0 aliphatic heterocycles. The Morgan fingerprint density at radius 3 is 2.88 bits per heavy atom. The molecule has 2 aromatic rings. The monoisotopic (exact) mass is 341 g/mol. The SMILES string of the molecule is CCOC(=O)c1ccc2nc(C)cc(I)c2c1. The van der Waals surface area contributed by atoms with E-state index < -0.39 is 0 Å². The number of nitrogens with zero attached hydrogens (tertiary/aromatic N) is 1. The van der Waals surface area contributed by atoms with Crippen molar-refractivity contribution in [3.8, 4) is 0 Å². The Balaban J connectivity index is 2.54. The lowest BCUT2D eigenvalue weighted by molar-refractivity contribution is 0.0526. The number of hydrogen-bond acceptors (Lipinski definition) is 3. The van der Waals surface area contributed by atoms with Crippen molar-refractivity contribution in [2.45, 2.75) is 13.8 Å². The Morgan fingerprint density at radius 2 is 2.18 bits per heavy atom. The standard InChI is InChI=1S/C13H12INO2/c1-3-17-13(16)9-4-5-12-10(7-9)11(14)6-8(2)15-12/h4-7H,3H2,1-2H3. The first-order chi connectivity index (χ1) is 8.11. The van der Waals surface area contributed by atoms with Gasteiger partial charge in [-0.05, 0) is 60.7 Å². The molecule has 0 aliphatic carbocycles. The smallest absolute Gasteiger partial charge is 0.338 e. The molecule has 88 valence electrons. The van der Waals surface area contributed by atoms with Gasteiger partial charge in [0.15, 0.2) is 0 Å². The van der Waals surface area contributed by atoms with E-state index in [1.54, 1.807) is 13.0 Å². The highest BCUT2D eigenvalue weighted by Crippen LogP contribution is 2.21. The van der Waals surface area contributed by atoms with Gasteiger partial charge in [0.1, 0.15) is 0 Å². The summed E-state index contributed by atoms with van der Waals surface area (Å²) in [5.41, 5.74) is 2.45. The lowest BCUT2D eigenvalue weighted by Crippen LogP contribution is -2.04. The highest BCUT2D eigenvalue weighted by atomic mass is 127. The second-order valence-corrected chi connectivity index (χ2v) is 4.86. The van der Waals surface area contributed by atoms with Gasteiger partial charge in [-0.15, -0.1) is 0 Å². The molecule has 0 spiro atoms. The predicted octanol–water partition coefficient (Wildman–Crippen LogP) is 3.32. The van der Waals surface area contributed by atoms with E-state index in [9.17, 15) is 4.79 Å². The molecule has 1 heterocycles. The van der Waals surface area contributed by atoms with Crippen LogP contribution in [0.4, 0.5) is 0 Å². The topological polar surface area (TPSA) is 39.2 Å². The lowest BCUT2D eigenvalue weighted by atomic mass is 10.1. The molecule has 0 amide bonds. The third-order valence-corrected chi connectivity index (χ3v) is 3.29. The van der Waals surface area contributed by atoms with E-state index in [0.29, 0.717) is 12.2 Å². The van der Waals surface area contributed by atoms with E-state index in [0.717, 1.165) is 20.2 Å². The molecule has 1 aromatic carbocycles. The molecule has 0 aliphatic rings. The first-order valence-electron chi connectivity index (χ1n) is 5.36. The van der Waals surface area contributed by atoms with Crippen molar-refractivity contribution in [1.29, 1.82) is 0 Å². The van der Waals surface area contributed by atoms with Crippen LogP contribution in [-0.2, 0) is 4.74 Å². The van der Waals surface area contributed by atoms with Gasteiger partial charge in [-0.1, -0.05) is 0 Å². The molecular weight excluding hydrogens is 329 g/mol. The predicted molar refractivity (Wildman–Crippen MR) is 75.2 cm³/mol. The minimum atomic E-state index is -0.286. The fourth-order valence-corrected chi connectivity index (χ4v) is 2.53. The van der Waals surface area contributed by atoms with Gasteiger partial charge < -0.3 is 4.74 Å². The number of carbonyl (C=O) groups is 1. The molecule has 0 bridgehead atoms. The van der Waals surface area contributed by atoms with Crippen LogP contribution in [0.3, 0.4) is 0 Å². The number of halogens is 1. The van der Waals surface area contributed by atoms with Gasteiger partial charge in [0.2, 0.25) is 0 Å². The average molecular weight is 341 g/mol. The van der Waals surface area contributed by atoms with Crippen molar-refractivity contribution in [3.05, 3.63) is 39.1 Å². The minimum Gasteiger partial charge on any atom is -0.462 e. The van der Waals surface area contributed by atoms with Crippen molar-refractivity contribution in [1.82, 2.24) is 4.98 Å². The second kappa shape index (κ2) is 5.00. The summed E-state index contributed by atoms with van der Waals surface area (Å²) < 4.78 is 6.07. The molecule has 0 unspecified atom stereocenters. The Kier molecular flexibility index (Phi) is 3.61. The zero-order valence-corrected chi connectivity index (χ0v) is 11.8. The minimum absolute atomic E-state index is 0.286. The molecule has 0 fully saturated rings. The van der Waals surface area contributed by atoms with Gasteiger partial charge in [0.05, 0.1) is 17.7 Å². The van der Waals surface area contributed by atoms with E-state index in [1.165, 1.54) is 0 Å². The van der Waals surface area contributed by atoms with Crippen LogP contribution in [0.1, 0.15) is 23.0 Å². The summed E-state index contributed by atoms with van der Waals surface area (Å²) in [5.74, 6) is -0.286. The first-order valence-corrected chi connectivity index (χ1v) is 6.43. The van der Waals surface area contributed by atoms with Gasteiger partial charge in [0, 0.05) is 14.7 Å². The van der Waals surface area contributed by atoms with Crippen molar-refractivity contribution in [2.24, 2.45) is 0 Å². The molecule has 0 radical (unpaired) electrons. The first kappa shape index (κ1) is 12.3. The summed E-state index contributed by atoms with van der Waals surface area (Å²) in [6, 6.07) is 7.44. The van der Waals surface area contributed by atoms with Crippen molar-refractivity contribution in [2.75, 3.05) is 6.61 Å². The molecule has 0 saturated carbocycles. The zero-order chi connectivity index (χ0) is 12.4. The van der Waals surface area contributed by atoms with Gasteiger partial charge in [-0.3, -0.25) is 4.98 Å². The number of ether oxygens (including phenoxy) is 1. The molecule has 17 heavy (non-hydrogen) atoms. The van der Waals surface area contributed by atoms with Crippen LogP contribution in [0.5, 0.6) is 0 Å². The van der Waals surface area contributed by atoms with E-state index in [2.05, 4.69) is 27.6 Å². The molecule has 1 aromatic heterocycles. The second-order valence-electron chi connectivity index (χ2n) is 3.70. The van der Waals surface area contributed by atoms with Crippen LogP contribution in [-0.4, -0.2) is 17.6 Å². The summed E-state index contributed by atoms with van der Waals surface area (Å²) in [4.78, 5) is 16.0. The fraction of sp³-hybridized carbons (Fsp3) is 0.231. The summed E-state index contributed by atoms with van der Waals surface area (Å²) in [6.45, 7) is 4.15. The number of aryl methyl sites for hydroxylation is 1. The summed E-state index contributed by atoms with van der Waals surface area (Å²) in [7, 11) is 0. The summed E-state index contributed by atoms with van der Waals surface area (Å²) in [5, 5.41) is 0.988. The highest BCUT2D eigenvalue weighted by molar-refractivity contribution is 14.1. The van der Waals surface area contributed by atoms with Crippen molar-refractivity contribution in [3.63, 3.8) is 0 Å². The third-order valence-electron chi connectivity index (χ3n) is 2.40. The Labute approximate surface area is 113 Å². The van der Waals surface area contributed by atoms with Gasteiger partial charge in [-0.2, -0.15) is 0 Å². The summed E-state index contributed by atoms with van der Waals surface area (Å²) in [6.07, 6.45) is 0. The Hall–Kier alpha value is -1.17. The van der Waals surface area contributed by atoms with Gasteiger partial charge >= 0.3 is 5.97 Å². The molecule has 0 atom stereocenters.